The molecule has 2 N–H and O–H groups in total. The molecule has 0 saturated carbocycles. The number of carbonyl (C=O) groups is 1. The number of anilines is 1. The van der Waals surface area contributed by atoms with E-state index in [-0.39, 0.29) is 22.1 Å². The molecule has 0 aliphatic carbocycles. The Kier molecular flexibility index (Phi) is 7.30. The van der Waals surface area contributed by atoms with Gasteiger partial charge in [-0.05, 0) is 45.0 Å². The Labute approximate surface area is 185 Å². The minimum atomic E-state index is -3.56. The third-order valence-corrected chi connectivity index (χ3v) is 7.77. The Bertz CT molecular complexity index is 1100. The van der Waals surface area contributed by atoms with Crippen LogP contribution in [0.2, 0.25) is 0 Å². The molecular weight excluding hydrogens is 438 g/mol. The molecule has 1 atom stereocenters. The van der Waals surface area contributed by atoms with Gasteiger partial charge in [-0.1, -0.05) is 42.1 Å². The largest absolute Gasteiger partial charge is 0.325 e. The summed E-state index contributed by atoms with van der Waals surface area (Å²) in [7, 11) is -3.56. The second-order valence-electron chi connectivity index (χ2n) is 6.91. The first-order chi connectivity index (χ1) is 14.2. The summed E-state index contributed by atoms with van der Waals surface area (Å²) in [5.41, 5.74) is 2.47. The van der Waals surface area contributed by atoms with Gasteiger partial charge in [0.1, 0.15) is 0 Å². The average molecular weight is 462 g/mol. The zero-order valence-corrected chi connectivity index (χ0v) is 19.3. The van der Waals surface area contributed by atoms with Crippen LogP contribution in [0.3, 0.4) is 0 Å². The number of thioether (sulfide) groups is 1. The highest BCUT2D eigenvalue weighted by molar-refractivity contribution is 8.02. The van der Waals surface area contributed by atoms with Crippen LogP contribution >= 0.6 is 23.1 Å². The highest BCUT2D eigenvalue weighted by Crippen LogP contribution is 2.31. The fraction of sp³-hybridized carbons (Fsp3) is 0.238. The molecule has 0 spiro atoms. The van der Waals surface area contributed by atoms with Gasteiger partial charge in [-0.3, -0.25) is 4.79 Å². The van der Waals surface area contributed by atoms with E-state index < -0.39 is 10.0 Å². The van der Waals surface area contributed by atoms with E-state index in [4.69, 9.17) is 0 Å². The van der Waals surface area contributed by atoms with Crippen LogP contribution in [-0.4, -0.2) is 30.6 Å². The van der Waals surface area contributed by atoms with E-state index in [1.807, 2.05) is 42.6 Å². The fourth-order valence-corrected chi connectivity index (χ4v) is 5.82. The standard InChI is InChI=1S/C21H23N3O3S3/c1-14(2)24-30(26,27)18-11-9-17(10-12-18)22-20(25)15(3)29-21-23-19(13-28-21)16-7-5-4-6-8-16/h4-15,24H,1-3H3,(H,22,25). The quantitative estimate of drug-likeness (QED) is 0.478. The normalized spacial score (nSPS) is 12.7. The molecule has 1 aromatic heterocycles. The molecule has 1 heterocycles. The van der Waals surface area contributed by atoms with Gasteiger partial charge in [0.05, 0.1) is 15.8 Å². The molecule has 3 rings (SSSR count). The molecule has 158 valence electrons. The summed E-state index contributed by atoms with van der Waals surface area (Å²) in [5, 5.41) is 4.44. The fourth-order valence-electron chi connectivity index (χ4n) is 2.60. The van der Waals surface area contributed by atoms with Crippen molar-refractivity contribution in [3.05, 3.63) is 60.0 Å². The third kappa shape index (κ3) is 5.91. The number of nitrogens with one attached hydrogen (secondary N) is 2. The van der Waals surface area contributed by atoms with Gasteiger partial charge in [0, 0.05) is 22.7 Å². The molecule has 3 aromatic rings. The van der Waals surface area contributed by atoms with Gasteiger partial charge in [0.2, 0.25) is 15.9 Å². The van der Waals surface area contributed by atoms with Gasteiger partial charge in [0.15, 0.2) is 4.34 Å². The van der Waals surface area contributed by atoms with Crippen LogP contribution in [0, 0.1) is 0 Å². The molecule has 0 radical (unpaired) electrons. The third-order valence-electron chi connectivity index (χ3n) is 4.02. The van der Waals surface area contributed by atoms with E-state index in [1.165, 1.54) is 35.2 Å². The monoisotopic (exact) mass is 461 g/mol. The number of hydrogen-bond donors (Lipinski definition) is 2. The number of sulfonamides is 1. The summed E-state index contributed by atoms with van der Waals surface area (Å²) >= 11 is 2.89. The van der Waals surface area contributed by atoms with Crippen molar-refractivity contribution in [3.63, 3.8) is 0 Å². The van der Waals surface area contributed by atoms with Crippen LogP contribution in [0.15, 0.2) is 69.2 Å². The van der Waals surface area contributed by atoms with E-state index in [9.17, 15) is 13.2 Å². The van der Waals surface area contributed by atoms with Gasteiger partial charge < -0.3 is 5.32 Å². The lowest BCUT2D eigenvalue weighted by molar-refractivity contribution is -0.115. The topological polar surface area (TPSA) is 88.2 Å². The molecule has 0 bridgehead atoms. The first kappa shape index (κ1) is 22.5. The SMILES string of the molecule is CC(C)NS(=O)(=O)c1ccc(NC(=O)C(C)Sc2nc(-c3ccccc3)cs2)cc1. The Morgan fingerprint density at radius 2 is 1.70 bits per heavy atom. The minimum absolute atomic E-state index is 0.160. The number of nitrogens with zero attached hydrogens (tertiary/aromatic N) is 1. The number of hydrogen-bond acceptors (Lipinski definition) is 6. The predicted octanol–water partition coefficient (Wildman–Crippen LogP) is 4.62. The van der Waals surface area contributed by atoms with Gasteiger partial charge in [0.25, 0.3) is 0 Å². The Hall–Kier alpha value is -2.20. The maximum absolute atomic E-state index is 12.5. The van der Waals surface area contributed by atoms with Crippen LogP contribution in [0.25, 0.3) is 11.3 Å². The Balaban J connectivity index is 1.60. The number of benzene rings is 2. The van der Waals surface area contributed by atoms with Crippen LogP contribution in [0.4, 0.5) is 5.69 Å². The van der Waals surface area contributed by atoms with E-state index in [0.717, 1.165) is 15.6 Å². The van der Waals surface area contributed by atoms with Crippen molar-refractivity contribution < 1.29 is 13.2 Å². The van der Waals surface area contributed by atoms with Gasteiger partial charge >= 0.3 is 0 Å². The maximum atomic E-state index is 12.5. The predicted molar refractivity (Wildman–Crippen MR) is 123 cm³/mol. The number of carbonyl (C=O) groups excluding carboxylic acids is 1. The number of aromatic nitrogens is 1. The smallest absolute Gasteiger partial charge is 0.240 e. The lowest BCUT2D eigenvalue weighted by Crippen LogP contribution is -2.30. The molecule has 30 heavy (non-hydrogen) atoms. The summed E-state index contributed by atoms with van der Waals surface area (Å²) in [6, 6.07) is 15.8. The number of rotatable bonds is 8. The second-order valence-corrected chi connectivity index (χ2v) is 11.1. The van der Waals surface area contributed by atoms with Crippen LogP contribution < -0.4 is 10.0 Å². The minimum Gasteiger partial charge on any atom is -0.325 e. The van der Waals surface area contributed by atoms with Crippen LogP contribution in [0.5, 0.6) is 0 Å². The summed E-state index contributed by atoms with van der Waals surface area (Å²) < 4.78 is 27.7. The molecule has 9 heteroatoms. The van der Waals surface area contributed by atoms with Crippen molar-refractivity contribution in [1.82, 2.24) is 9.71 Å². The van der Waals surface area contributed by atoms with Gasteiger partial charge in [-0.25, -0.2) is 18.1 Å². The molecule has 2 aromatic carbocycles. The van der Waals surface area contributed by atoms with Crippen molar-refractivity contribution in [2.75, 3.05) is 5.32 Å². The summed E-state index contributed by atoms with van der Waals surface area (Å²) in [5.74, 6) is -0.174. The zero-order chi connectivity index (χ0) is 21.7. The first-order valence-corrected chi connectivity index (χ1v) is 12.6. The lowest BCUT2D eigenvalue weighted by atomic mass is 10.2. The molecule has 0 aliphatic rings. The van der Waals surface area contributed by atoms with Crippen molar-refractivity contribution in [1.29, 1.82) is 0 Å². The Morgan fingerprint density at radius 3 is 2.33 bits per heavy atom. The van der Waals surface area contributed by atoms with Crippen LogP contribution in [-0.2, 0) is 14.8 Å². The molecule has 0 fully saturated rings. The van der Waals surface area contributed by atoms with Crippen LogP contribution in [0.1, 0.15) is 20.8 Å². The van der Waals surface area contributed by atoms with Crippen molar-refractivity contribution in [3.8, 4) is 11.3 Å². The van der Waals surface area contributed by atoms with Crippen molar-refractivity contribution >= 4 is 44.7 Å². The molecule has 6 nitrogen and oxygen atoms in total. The molecular formula is C21H23N3O3S3. The molecule has 0 aliphatic heterocycles. The van der Waals surface area contributed by atoms with E-state index in [1.54, 1.807) is 26.0 Å². The second kappa shape index (κ2) is 9.74. The summed E-state index contributed by atoms with van der Waals surface area (Å²) in [4.78, 5) is 17.3. The van der Waals surface area contributed by atoms with Crippen molar-refractivity contribution in [2.24, 2.45) is 0 Å². The number of thiazole rings is 1. The van der Waals surface area contributed by atoms with E-state index in [2.05, 4.69) is 15.0 Å². The molecule has 1 unspecified atom stereocenters. The summed E-state index contributed by atoms with van der Waals surface area (Å²) in [6.45, 7) is 5.34. The van der Waals surface area contributed by atoms with Gasteiger partial charge in [-0.15, -0.1) is 11.3 Å². The summed E-state index contributed by atoms with van der Waals surface area (Å²) in [6.07, 6.45) is 0. The lowest BCUT2D eigenvalue weighted by Gasteiger charge is -2.12. The maximum Gasteiger partial charge on any atom is 0.240 e. The van der Waals surface area contributed by atoms with E-state index in [0.29, 0.717) is 5.69 Å². The first-order valence-electron chi connectivity index (χ1n) is 9.35. The van der Waals surface area contributed by atoms with Gasteiger partial charge in [-0.2, -0.15) is 0 Å². The number of amides is 1. The highest BCUT2D eigenvalue weighted by atomic mass is 32.2. The zero-order valence-electron chi connectivity index (χ0n) is 16.8. The highest BCUT2D eigenvalue weighted by Gasteiger charge is 2.18. The Morgan fingerprint density at radius 1 is 1.03 bits per heavy atom. The average Bonchev–Trinajstić information content (AvgIpc) is 3.16. The molecule has 1 amide bonds. The molecule has 0 saturated heterocycles. The van der Waals surface area contributed by atoms with Crippen molar-refractivity contribution in [2.45, 2.75) is 41.3 Å². The van der Waals surface area contributed by atoms with E-state index >= 15 is 0 Å².